The highest BCUT2D eigenvalue weighted by molar-refractivity contribution is 7.68. The molecule has 3 N–H and O–H groups in total. The Bertz CT molecular complexity index is 1220. The second-order valence-corrected chi connectivity index (χ2v) is 9.18. The van der Waals surface area contributed by atoms with Gasteiger partial charge in [0.25, 0.3) is 5.69 Å². The molecule has 0 bridgehead atoms. The lowest BCUT2D eigenvalue weighted by molar-refractivity contribution is -0.384. The Balaban J connectivity index is 1.53. The number of rotatable bonds is 6. The third-order valence-electron chi connectivity index (χ3n) is 4.63. The fraction of sp³-hybridized carbons (Fsp3) is 0. The molecule has 1 heterocycles. The van der Waals surface area contributed by atoms with Gasteiger partial charge in [0.05, 0.1) is 4.92 Å². The second-order valence-electron chi connectivity index (χ2n) is 7.03. The van der Waals surface area contributed by atoms with Crippen LogP contribution in [0.4, 0.5) is 16.2 Å². The number of hydrazine groups is 1. The minimum absolute atomic E-state index is 0.0946. The third-order valence-corrected chi connectivity index (χ3v) is 6.33. The van der Waals surface area contributed by atoms with E-state index in [1.165, 1.54) is 35.9 Å². The molecule has 0 spiro atoms. The minimum atomic E-state index is -3.40. The number of hydrogen-bond acceptors (Lipinski definition) is 5. The highest BCUT2D eigenvalue weighted by atomic mass is 31.2. The van der Waals surface area contributed by atoms with E-state index >= 15 is 0 Å². The summed E-state index contributed by atoms with van der Waals surface area (Å²) in [4.78, 5) is 22.5. The first-order chi connectivity index (χ1) is 15.9. The van der Waals surface area contributed by atoms with Crippen molar-refractivity contribution >= 4 is 36.2 Å². The number of benzene rings is 3. The second kappa shape index (κ2) is 9.52. The van der Waals surface area contributed by atoms with Crippen molar-refractivity contribution in [1.82, 2.24) is 10.6 Å². The zero-order valence-electron chi connectivity index (χ0n) is 17.2. The summed E-state index contributed by atoms with van der Waals surface area (Å²) in [6.45, 7) is 0. The molecule has 33 heavy (non-hydrogen) atoms. The Morgan fingerprint density at radius 1 is 0.818 bits per heavy atom. The monoisotopic (exact) mass is 462 g/mol. The van der Waals surface area contributed by atoms with Crippen molar-refractivity contribution in [3.63, 3.8) is 0 Å². The van der Waals surface area contributed by atoms with Crippen LogP contribution in [0.2, 0.25) is 0 Å². The molecule has 3 aromatic rings. The van der Waals surface area contributed by atoms with E-state index in [9.17, 15) is 19.5 Å². The van der Waals surface area contributed by atoms with Crippen LogP contribution in [0.1, 0.15) is 11.1 Å². The molecule has 3 aromatic carbocycles. The third kappa shape index (κ3) is 5.54. The van der Waals surface area contributed by atoms with Gasteiger partial charge in [0, 0.05) is 40.6 Å². The summed E-state index contributed by atoms with van der Waals surface area (Å²) in [7, 11) is -3.40. The van der Waals surface area contributed by atoms with Crippen molar-refractivity contribution in [1.29, 1.82) is 0 Å². The molecule has 1 aliphatic heterocycles. The Labute approximate surface area is 189 Å². The molecule has 0 saturated carbocycles. The predicted octanol–water partition coefficient (Wildman–Crippen LogP) is 5.53. The SMILES string of the molecule is O=C(NNP1(=O)C=C(c2ccccc2)OC(c2ccccc2)=C1)Nc1ccc([N+](=O)[O-])cc1. The van der Waals surface area contributed by atoms with Crippen LogP contribution in [0.5, 0.6) is 0 Å². The summed E-state index contributed by atoms with van der Waals surface area (Å²) in [5.74, 6) is 3.68. The maximum atomic E-state index is 13.6. The molecule has 10 heteroatoms. The molecule has 1 aliphatic rings. The zero-order valence-corrected chi connectivity index (χ0v) is 18.1. The smallest absolute Gasteiger partial charge is 0.333 e. The molecule has 0 fully saturated rings. The molecular weight excluding hydrogens is 443 g/mol. The fourth-order valence-corrected chi connectivity index (χ4v) is 4.64. The van der Waals surface area contributed by atoms with Gasteiger partial charge in [-0.2, -0.15) is 5.20 Å². The predicted molar refractivity (Wildman–Crippen MR) is 126 cm³/mol. The topological polar surface area (TPSA) is 123 Å². The zero-order chi connectivity index (χ0) is 23.3. The van der Waals surface area contributed by atoms with Crippen LogP contribution in [-0.2, 0) is 9.30 Å². The van der Waals surface area contributed by atoms with Gasteiger partial charge in [0.2, 0.25) is 7.29 Å². The first-order valence-corrected chi connectivity index (χ1v) is 11.7. The lowest BCUT2D eigenvalue weighted by atomic mass is 10.2. The Kier molecular flexibility index (Phi) is 6.35. The first-order valence-electron chi connectivity index (χ1n) is 9.84. The van der Waals surface area contributed by atoms with Gasteiger partial charge in [-0.05, 0) is 12.1 Å². The lowest BCUT2D eigenvalue weighted by Crippen LogP contribution is -2.38. The lowest BCUT2D eigenvalue weighted by Gasteiger charge is -2.23. The highest BCUT2D eigenvalue weighted by Crippen LogP contribution is 2.52. The van der Waals surface area contributed by atoms with Gasteiger partial charge in [-0.1, -0.05) is 60.7 Å². The number of hydrogen-bond donors (Lipinski definition) is 3. The number of ether oxygens (including phenoxy) is 1. The fourth-order valence-electron chi connectivity index (χ4n) is 3.06. The van der Waals surface area contributed by atoms with Gasteiger partial charge in [-0.15, -0.1) is 0 Å². The van der Waals surface area contributed by atoms with Crippen molar-refractivity contribution in [2.45, 2.75) is 0 Å². The average Bonchev–Trinajstić information content (AvgIpc) is 2.84. The van der Waals surface area contributed by atoms with Crippen molar-refractivity contribution < 1.29 is 19.0 Å². The number of anilines is 1. The van der Waals surface area contributed by atoms with Gasteiger partial charge in [-0.3, -0.25) is 20.1 Å². The molecule has 0 aliphatic carbocycles. The number of nitrogens with one attached hydrogen (secondary N) is 3. The van der Waals surface area contributed by atoms with E-state index in [4.69, 9.17) is 4.74 Å². The maximum Gasteiger partial charge on any atom is 0.333 e. The highest BCUT2D eigenvalue weighted by Gasteiger charge is 2.27. The number of nitro groups is 1. The minimum Gasteiger partial charge on any atom is -0.456 e. The van der Waals surface area contributed by atoms with E-state index < -0.39 is 18.2 Å². The molecule has 0 radical (unpaired) electrons. The van der Waals surface area contributed by atoms with E-state index in [1.807, 2.05) is 60.7 Å². The van der Waals surface area contributed by atoms with Gasteiger partial charge in [0.1, 0.15) is 11.5 Å². The average molecular weight is 462 g/mol. The number of urea groups is 1. The first kappa shape index (κ1) is 22.0. The van der Waals surface area contributed by atoms with Gasteiger partial charge in [-0.25, -0.2) is 4.79 Å². The molecule has 4 rings (SSSR count). The van der Waals surface area contributed by atoms with E-state index in [1.54, 1.807) is 0 Å². The van der Waals surface area contributed by atoms with E-state index in [2.05, 4.69) is 15.9 Å². The summed E-state index contributed by atoms with van der Waals surface area (Å²) in [5, 5.41) is 15.9. The standard InChI is InChI=1S/C23H19N4O5P/c28-23(24-19-11-13-20(14-12-19)27(29)30)25-26-33(31)15-21(17-7-3-1-4-8-17)32-22(16-33)18-9-5-2-6-10-18/h1-16H,(H,26,31)(H2,24,25,28). The van der Waals surface area contributed by atoms with Gasteiger partial charge < -0.3 is 10.1 Å². The molecule has 0 atom stereocenters. The molecule has 2 amide bonds. The molecule has 9 nitrogen and oxygen atoms in total. The Morgan fingerprint density at radius 2 is 1.33 bits per heavy atom. The number of nitro benzene ring substituents is 1. The van der Waals surface area contributed by atoms with Gasteiger partial charge in [0.15, 0.2) is 0 Å². The van der Waals surface area contributed by atoms with Crippen LogP contribution in [-0.4, -0.2) is 11.0 Å². The number of carbonyl (C=O) groups excluding carboxylic acids is 1. The molecule has 0 saturated heterocycles. The Hall–Kier alpha value is -4.20. The van der Waals surface area contributed by atoms with Crippen LogP contribution in [0, 0.1) is 10.1 Å². The largest absolute Gasteiger partial charge is 0.456 e. The maximum absolute atomic E-state index is 13.6. The van der Waals surface area contributed by atoms with Crippen molar-refractivity contribution in [3.05, 3.63) is 118 Å². The van der Waals surface area contributed by atoms with Crippen LogP contribution in [0.3, 0.4) is 0 Å². The molecule has 0 aromatic heterocycles. The number of amides is 2. The summed E-state index contributed by atoms with van der Waals surface area (Å²) in [5.41, 5.74) is 4.09. The van der Waals surface area contributed by atoms with E-state index in [0.717, 1.165) is 11.1 Å². The van der Waals surface area contributed by atoms with Gasteiger partial charge >= 0.3 is 6.03 Å². The normalized spacial score (nSPS) is 14.3. The van der Waals surface area contributed by atoms with Crippen LogP contribution >= 0.6 is 7.29 Å². The summed E-state index contributed by atoms with van der Waals surface area (Å²) in [6.07, 6.45) is 0. The van der Waals surface area contributed by atoms with E-state index in [0.29, 0.717) is 17.2 Å². The van der Waals surface area contributed by atoms with Crippen LogP contribution in [0.25, 0.3) is 11.5 Å². The van der Waals surface area contributed by atoms with E-state index in [-0.39, 0.29) is 5.69 Å². The number of non-ortho nitro benzene ring substituents is 1. The van der Waals surface area contributed by atoms with Crippen LogP contribution < -0.4 is 15.9 Å². The molecular formula is C23H19N4O5P. The molecule has 166 valence electrons. The number of nitrogens with zero attached hydrogens (tertiary/aromatic N) is 1. The van der Waals surface area contributed by atoms with Crippen LogP contribution in [0.15, 0.2) is 96.6 Å². The van der Waals surface area contributed by atoms with Crippen molar-refractivity contribution in [2.24, 2.45) is 0 Å². The summed E-state index contributed by atoms with van der Waals surface area (Å²) < 4.78 is 19.6. The van der Waals surface area contributed by atoms with Crippen molar-refractivity contribution in [2.75, 3.05) is 5.32 Å². The number of carbonyl (C=O) groups is 1. The van der Waals surface area contributed by atoms with Crippen molar-refractivity contribution in [3.8, 4) is 0 Å². The quantitative estimate of drug-likeness (QED) is 0.252. The summed E-state index contributed by atoms with van der Waals surface area (Å²) >= 11 is 0. The summed E-state index contributed by atoms with van der Waals surface area (Å²) in [6, 6.07) is 23.1. The Morgan fingerprint density at radius 3 is 1.82 bits per heavy atom. The molecule has 0 unspecified atom stereocenters.